The summed E-state index contributed by atoms with van der Waals surface area (Å²) in [6, 6.07) is 3.47. The van der Waals surface area contributed by atoms with Crippen LogP contribution in [0.4, 0.5) is 0 Å². The topological polar surface area (TPSA) is 109 Å². The van der Waals surface area contributed by atoms with Gasteiger partial charge in [0.2, 0.25) is 0 Å². The van der Waals surface area contributed by atoms with E-state index in [4.69, 9.17) is 4.74 Å². The van der Waals surface area contributed by atoms with Crippen molar-refractivity contribution in [2.24, 2.45) is 0 Å². The van der Waals surface area contributed by atoms with Crippen LogP contribution >= 0.6 is 0 Å². The SMILES string of the molecule is CCOC(=O)c1cn([C@H](C)CO)c(-c2cc(C)c(O)cc2O)cc1=O. The molecule has 2 rings (SSSR count). The third-order valence-electron chi connectivity index (χ3n) is 3.90. The Balaban J connectivity index is 2.74. The zero-order chi connectivity index (χ0) is 18.7. The van der Waals surface area contributed by atoms with Gasteiger partial charge in [0.05, 0.1) is 24.9 Å². The van der Waals surface area contributed by atoms with Crippen LogP contribution in [0, 0.1) is 6.92 Å². The molecule has 0 aliphatic heterocycles. The van der Waals surface area contributed by atoms with Crippen molar-refractivity contribution in [3.63, 3.8) is 0 Å². The summed E-state index contributed by atoms with van der Waals surface area (Å²) in [5.74, 6) is -1.04. The summed E-state index contributed by atoms with van der Waals surface area (Å²) in [6.07, 6.45) is 1.32. The Labute approximate surface area is 144 Å². The van der Waals surface area contributed by atoms with Gasteiger partial charge >= 0.3 is 5.97 Å². The number of aryl methyl sites for hydroxylation is 1. The van der Waals surface area contributed by atoms with Gasteiger partial charge in [-0.2, -0.15) is 0 Å². The first-order valence-electron chi connectivity index (χ1n) is 7.87. The van der Waals surface area contributed by atoms with Crippen LogP contribution in [0.2, 0.25) is 0 Å². The van der Waals surface area contributed by atoms with E-state index in [2.05, 4.69) is 0 Å². The number of nitrogens with zero attached hydrogens (tertiary/aromatic N) is 1. The van der Waals surface area contributed by atoms with Gasteiger partial charge in [-0.1, -0.05) is 0 Å². The van der Waals surface area contributed by atoms with E-state index in [9.17, 15) is 24.9 Å². The molecule has 7 nitrogen and oxygen atoms in total. The van der Waals surface area contributed by atoms with Gasteiger partial charge in [0, 0.05) is 23.9 Å². The number of esters is 1. The Morgan fingerprint density at radius 3 is 2.52 bits per heavy atom. The Morgan fingerprint density at radius 2 is 1.92 bits per heavy atom. The minimum Gasteiger partial charge on any atom is -0.508 e. The van der Waals surface area contributed by atoms with Crippen molar-refractivity contribution in [3.05, 3.63) is 45.7 Å². The molecule has 0 unspecified atom stereocenters. The fraction of sp³-hybridized carbons (Fsp3) is 0.333. The van der Waals surface area contributed by atoms with Gasteiger partial charge in [-0.3, -0.25) is 4.79 Å². The molecule has 0 aliphatic carbocycles. The number of ether oxygens (including phenoxy) is 1. The number of pyridine rings is 1. The Bertz CT molecular complexity index is 855. The number of hydrogen-bond donors (Lipinski definition) is 3. The van der Waals surface area contributed by atoms with Crippen LogP contribution in [-0.4, -0.2) is 39.1 Å². The zero-order valence-electron chi connectivity index (χ0n) is 14.3. The number of phenols is 2. The molecule has 7 heteroatoms. The lowest BCUT2D eigenvalue weighted by atomic mass is 10.0. The normalized spacial score (nSPS) is 12.0. The second-order valence-corrected chi connectivity index (χ2v) is 5.75. The predicted molar refractivity (Wildman–Crippen MR) is 92.0 cm³/mol. The summed E-state index contributed by atoms with van der Waals surface area (Å²) >= 11 is 0. The second-order valence-electron chi connectivity index (χ2n) is 5.75. The van der Waals surface area contributed by atoms with Crippen molar-refractivity contribution in [2.75, 3.05) is 13.2 Å². The number of aromatic nitrogens is 1. The van der Waals surface area contributed by atoms with Crippen molar-refractivity contribution in [1.29, 1.82) is 0 Å². The molecule has 0 spiro atoms. The molecule has 1 aromatic carbocycles. The molecular formula is C18H21NO6. The number of rotatable bonds is 5. The fourth-order valence-electron chi connectivity index (χ4n) is 2.47. The van der Waals surface area contributed by atoms with E-state index >= 15 is 0 Å². The lowest BCUT2D eigenvalue weighted by molar-refractivity contribution is 0.0523. The van der Waals surface area contributed by atoms with Gasteiger partial charge in [0.1, 0.15) is 17.1 Å². The summed E-state index contributed by atoms with van der Waals surface area (Å²) < 4.78 is 6.41. The second kappa shape index (κ2) is 7.40. The number of carbonyl (C=O) groups excluding carboxylic acids is 1. The van der Waals surface area contributed by atoms with Crippen molar-refractivity contribution in [3.8, 4) is 22.8 Å². The molecule has 0 bridgehead atoms. The van der Waals surface area contributed by atoms with Crippen LogP contribution in [0.25, 0.3) is 11.3 Å². The lowest BCUT2D eigenvalue weighted by Crippen LogP contribution is -2.23. The molecule has 0 fully saturated rings. The van der Waals surface area contributed by atoms with E-state index in [-0.39, 0.29) is 30.3 Å². The maximum absolute atomic E-state index is 12.3. The molecule has 2 aromatic rings. The molecule has 3 N–H and O–H groups in total. The predicted octanol–water partition coefficient (Wildman–Crippen LogP) is 1.96. The van der Waals surface area contributed by atoms with E-state index in [0.717, 1.165) is 0 Å². The monoisotopic (exact) mass is 347 g/mol. The Hall–Kier alpha value is -2.80. The third kappa shape index (κ3) is 3.66. The molecule has 25 heavy (non-hydrogen) atoms. The highest BCUT2D eigenvalue weighted by Gasteiger charge is 2.20. The van der Waals surface area contributed by atoms with Crippen LogP contribution in [-0.2, 0) is 4.74 Å². The summed E-state index contributed by atoms with van der Waals surface area (Å²) in [4.78, 5) is 24.3. The molecule has 1 heterocycles. The van der Waals surface area contributed by atoms with Gasteiger partial charge in [-0.15, -0.1) is 0 Å². The Kier molecular flexibility index (Phi) is 5.48. The summed E-state index contributed by atoms with van der Waals surface area (Å²) in [5, 5.41) is 29.4. The molecule has 0 aliphatic rings. The highest BCUT2D eigenvalue weighted by atomic mass is 16.5. The van der Waals surface area contributed by atoms with Crippen LogP contribution in [0.5, 0.6) is 11.5 Å². The maximum Gasteiger partial charge on any atom is 0.343 e. The number of aliphatic hydroxyl groups is 1. The van der Waals surface area contributed by atoms with Crippen LogP contribution < -0.4 is 5.43 Å². The van der Waals surface area contributed by atoms with Crippen LogP contribution in [0.1, 0.15) is 35.8 Å². The highest BCUT2D eigenvalue weighted by molar-refractivity contribution is 5.89. The Morgan fingerprint density at radius 1 is 1.24 bits per heavy atom. The van der Waals surface area contributed by atoms with Crippen LogP contribution in [0.15, 0.2) is 29.2 Å². The van der Waals surface area contributed by atoms with Crippen molar-refractivity contribution in [1.82, 2.24) is 4.57 Å². The molecule has 134 valence electrons. The first kappa shape index (κ1) is 18.5. The van der Waals surface area contributed by atoms with Crippen LogP contribution in [0.3, 0.4) is 0 Å². The average molecular weight is 347 g/mol. The van der Waals surface area contributed by atoms with Gasteiger partial charge in [-0.05, 0) is 32.4 Å². The first-order chi connectivity index (χ1) is 11.8. The minimum absolute atomic E-state index is 0.0755. The quantitative estimate of drug-likeness (QED) is 0.714. The largest absolute Gasteiger partial charge is 0.508 e. The molecule has 0 amide bonds. The van der Waals surface area contributed by atoms with Crippen molar-refractivity contribution >= 4 is 5.97 Å². The van der Waals surface area contributed by atoms with Gasteiger partial charge in [0.25, 0.3) is 0 Å². The molecule has 0 saturated carbocycles. The van der Waals surface area contributed by atoms with Crippen molar-refractivity contribution < 1.29 is 24.9 Å². The van der Waals surface area contributed by atoms with E-state index in [0.29, 0.717) is 16.8 Å². The summed E-state index contributed by atoms with van der Waals surface area (Å²) in [5.41, 5.74) is 0.432. The maximum atomic E-state index is 12.3. The van der Waals surface area contributed by atoms with E-state index in [1.54, 1.807) is 20.8 Å². The standard InChI is InChI=1S/C18H21NO6/c1-4-25-18(24)13-8-19(11(3)9-20)14(6-16(13)22)12-5-10(2)15(21)7-17(12)23/h5-8,11,20-21,23H,4,9H2,1-3H3/t11-/m1/s1. The number of benzene rings is 1. The molecule has 0 saturated heterocycles. The van der Waals surface area contributed by atoms with E-state index < -0.39 is 17.4 Å². The average Bonchev–Trinajstić information content (AvgIpc) is 2.57. The number of hydrogen-bond acceptors (Lipinski definition) is 6. The van der Waals surface area contributed by atoms with Gasteiger partial charge in [-0.25, -0.2) is 4.79 Å². The summed E-state index contributed by atoms with van der Waals surface area (Å²) in [6.45, 7) is 4.89. The number of carbonyl (C=O) groups is 1. The molecule has 0 radical (unpaired) electrons. The number of aliphatic hydroxyl groups excluding tert-OH is 1. The molecule has 1 aromatic heterocycles. The highest BCUT2D eigenvalue weighted by Crippen LogP contribution is 2.35. The molecule has 1 atom stereocenters. The third-order valence-corrected chi connectivity index (χ3v) is 3.90. The molecular weight excluding hydrogens is 326 g/mol. The van der Waals surface area contributed by atoms with E-state index in [1.807, 2.05) is 0 Å². The van der Waals surface area contributed by atoms with Gasteiger partial charge < -0.3 is 24.6 Å². The van der Waals surface area contributed by atoms with E-state index in [1.165, 1.54) is 29.0 Å². The fourth-order valence-corrected chi connectivity index (χ4v) is 2.47. The van der Waals surface area contributed by atoms with Gasteiger partial charge in [0.15, 0.2) is 5.43 Å². The number of aromatic hydroxyl groups is 2. The zero-order valence-corrected chi connectivity index (χ0v) is 14.3. The summed E-state index contributed by atoms with van der Waals surface area (Å²) in [7, 11) is 0. The lowest BCUT2D eigenvalue weighted by Gasteiger charge is -2.21. The smallest absolute Gasteiger partial charge is 0.343 e. The first-order valence-corrected chi connectivity index (χ1v) is 7.87. The minimum atomic E-state index is -0.746. The number of phenolic OH excluding ortho intramolecular Hbond substituents is 2. The van der Waals surface area contributed by atoms with Crippen molar-refractivity contribution in [2.45, 2.75) is 26.8 Å².